The Morgan fingerprint density at radius 2 is 2.18 bits per heavy atom. The van der Waals surface area contributed by atoms with Gasteiger partial charge in [-0.3, -0.25) is 10.1 Å². The molecule has 1 aromatic heterocycles. The van der Waals surface area contributed by atoms with Crippen LogP contribution in [-0.4, -0.2) is 41.1 Å². The highest BCUT2D eigenvalue weighted by molar-refractivity contribution is 5.59. The van der Waals surface area contributed by atoms with Gasteiger partial charge in [-0.15, -0.1) is 0 Å². The summed E-state index contributed by atoms with van der Waals surface area (Å²) < 4.78 is 13.6. The van der Waals surface area contributed by atoms with Gasteiger partial charge < -0.3 is 15.5 Å². The topological polar surface area (TPSA) is 96.2 Å². The highest BCUT2D eigenvalue weighted by Gasteiger charge is 2.23. The lowest BCUT2D eigenvalue weighted by Crippen LogP contribution is -2.30. The number of unbranched alkanes of at least 4 members (excludes halogenated alkanes) is 1. The first-order valence-electron chi connectivity index (χ1n) is 9.51. The number of rotatable bonds is 8. The maximum atomic E-state index is 13.6. The quantitative estimate of drug-likeness (QED) is 0.528. The normalized spacial score (nSPS) is 16.4. The van der Waals surface area contributed by atoms with Gasteiger partial charge in [0.1, 0.15) is 5.82 Å². The third-order valence-electron chi connectivity index (χ3n) is 4.87. The van der Waals surface area contributed by atoms with Crippen LogP contribution in [0.3, 0.4) is 0 Å². The van der Waals surface area contributed by atoms with Crippen LogP contribution in [0.4, 0.5) is 27.5 Å². The molecule has 0 amide bonds. The smallest absolute Gasteiger partial charge is 0.306 e. The van der Waals surface area contributed by atoms with Crippen molar-refractivity contribution in [3.8, 4) is 0 Å². The molecule has 8 nitrogen and oxygen atoms in total. The number of nitro groups is 1. The molecular weight excluding hydrogens is 363 g/mol. The fourth-order valence-electron chi connectivity index (χ4n) is 3.25. The lowest BCUT2D eigenvalue weighted by atomic mass is 10.2. The molecule has 0 saturated carbocycles. The minimum Gasteiger partial charge on any atom is -0.355 e. The minimum absolute atomic E-state index is 0.359. The van der Waals surface area contributed by atoms with Crippen molar-refractivity contribution in [3.63, 3.8) is 0 Å². The molecular formula is C19H25FN6O2. The molecule has 2 N–H and O–H groups in total. The predicted molar refractivity (Wildman–Crippen MR) is 107 cm³/mol. The van der Waals surface area contributed by atoms with Crippen LogP contribution >= 0.6 is 0 Å². The number of hydrogen-bond acceptors (Lipinski definition) is 7. The average Bonchev–Trinajstić information content (AvgIpc) is 3.17. The highest BCUT2D eigenvalue weighted by Crippen LogP contribution is 2.26. The maximum Gasteiger partial charge on any atom is 0.306 e. The molecule has 2 heterocycles. The van der Waals surface area contributed by atoms with Crippen LogP contribution in [0.15, 0.2) is 24.3 Å². The fraction of sp³-hybridized carbons (Fsp3) is 0.474. The van der Waals surface area contributed by atoms with E-state index in [1.165, 1.54) is 6.07 Å². The fourth-order valence-corrected chi connectivity index (χ4v) is 3.25. The van der Waals surface area contributed by atoms with Gasteiger partial charge in [0.15, 0.2) is 0 Å². The molecule has 0 radical (unpaired) electrons. The number of nitrogens with zero attached hydrogens (tertiary/aromatic N) is 4. The van der Waals surface area contributed by atoms with Gasteiger partial charge >= 0.3 is 5.69 Å². The number of nitrogens with one attached hydrogen (secondary N) is 2. The summed E-state index contributed by atoms with van der Waals surface area (Å²) in [5.41, 5.74) is 0.712. The van der Waals surface area contributed by atoms with Gasteiger partial charge in [0.2, 0.25) is 11.8 Å². The van der Waals surface area contributed by atoms with E-state index in [1.54, 1.807) is 0 Å². The molecule has 1 aliphatic rings. The summed E-state index contributed by atoms with van der Waals surface area (Å²) in [5, 5.41) is 17.3. The Balaban J connectivity index is 1.88. The summed E-state index contributed by atoms with van der Waals surface area (Å²) in [6, 6.07) is 6.10. The molecule has 2 aromatic rings. The molecule has 1 saturated heterocycles. The zero-order valence-electron chi connectivity index (χ0n) is 16.1. The van der Waals surface area contributed by atoms with Crippen molar-refractivity contribution in [2.75, 3.05) is 30.4 Å². The van der Waals surface area contributed by atoms with Gasteiger partial charge in [-0.05, 0) is 38.4 Å². The third-order valence-corrected chi connectivity index (χ3v) is 4.87. The second-order valence-electron chi connectivity index (χ2n) is 6.91. The van der Waals surface area contributed by atoms with Crippen molar-refractivity contribution >= 4 is 23.1 Å². The van der Waals surface area contributed by atoms with E-state index in [1.807, 2.05) is 13.1 Å². The monoisotopic (exact) mass is 388 g/mol. The molecule has 1 unspecified atom stereocenters. The van der Waals surface area contributed by atoms with Crippen molar-refractivity contribution in [2.24, 2.45) is 0 Å². The van der Waals surface area contributed by atoms with Crippen molar-refractivity contribution < 1.29 is 9.31 Å². The maximum absolute atomic E-state index is 13.6. The molecule has 28 heavy (non-hydrogen) atoms. The molecule has 0 spiro atoms. The molecule has 3 rings (SSSR count). The lowest BCUT2D eigenvalue weighted by molar-refractivity contribution is -0.387. The van der Waals surface area contributed by atoms with Crippen LogP contribution in [0, 0.1) is 15.9 Å². The summed E-state index contributed by atoms with van der Waals surface area (Å²) in [6.07, 6.45) is 3.93. The summed E-state index contributed by atoms with van der Waals surface area (Å²) in [5.74, 6) is 0.319. The van der Waals surface area contributed by atoms with Gasteiger partial charge in [0.25, 0.3) is 0 Å². The van der Waals surface area contributed by atoms with Crippen LogP contribution in [0.5, 0.6) is 0 Å². The number of hydrogen-bond donors (Lipinski definition) is 2. The number of likely N-dealkylation sites (N-methyl/N-ethyl adjacent to an activating group) is 1. The second kappa shape index (κ2) is 8.92. The number of nitro benzene ring substituents is 1. The van der Waals surface area contributed by atoms with E-state index in [0.717, 1.165) is 62.4 Å². The van der Waals surface area contributed by atoms with Crippen molar-refractivity contribution in [1.29, 1.82) is 0 Å². The largest absolute Gasteiger partial charge is 0.355 e. The van der Waals surface area contributed by atoms with Crippen molar-refractivity contribution in [2.45, 2.75) is 38.6 Å². The molecule has 9 heteroatoms. The van der Waals surface area contributed by atoms with E-state index in [4.69, 9.17) is 0 Å². The first-order valence-corrected chi connectivity index (χ1v) is 9.51. The Morgan fingerprint density at radius 3 is 2.86 bits per heavy atom. The van der Waals surface area contributed by atoms with E-state index < -0.39 is 16.4 Å². The van der Waals surface area contributed by atoms with E-state index >= 15 is 0 Å². The summed E-state index contributed by atoms with van der Waals surface area (Å²) in [4.78, 5) is 21.6. The third kappa shape index (κ3) is 4.72. The predicted octanol–water partition coefficient (Wildman–Crippen LogP) is 3.41. The molecule has 1 aliphatic heterocycles. The molecule has 150 valence electrons. The summed E-state index contributed by atoms with van der Waals surface area (Å²) >= 11 is 0. The van der Waals surface area contributed by atoms with E-state index in [2.05, 4.69) is 32.4 Å². The van der Waals surface area contributed by atoms with Crippen LogP contribution < -0.4 is 15.5 Å². The number of anilines is 3. The van der Waals surface area contributed by atoms with Crippen molar-refractivity contribution in [3.05, 3.63) is 45.9 Å². The highest BCUT2D eigenvalue weighted by atomic mass is 19.1. The Hall–Kier alpha value is -2.81. The Bertz CT molecular complexity index is 847. The van der Waals surface area contributed by atoms with Crippen LogP contribution in [0.2, 0.25) is 0 Å². The molecule has 0 aliphatic carbocycles. The van der Waals surface area contributed by atoms with E-state index in [9.17, 15) is 14.5 Å². The Labute approximate surface area is 163 Å². The van der Waals surface area contributed by atoms with Crippen LogP contribution in [0.25, 0.3) is 0 Å². The zero-order valence-corrected chi connectivity index (χ0v) is 16.1. The first-order chi connectivity index (χ1) is 13.5. The van der Waals surface area contributed by atoms with Gasteiger partial charge in [-0.2, -0.15) is 9.37 Å². The zero-order chi connectivity index (χ0) is 20.1. The average molecular weight is 388 g/mol. The Morgan fingerprint density at radius 1 is 1.36 bits per heavy atom. The number of aryl methyl sites for hydroxylation is 1. The van der Waals surface area contributed by atoms with Crippen LogP contribution in [-0.2, 0) is 6.42 Å². The summed E-state index contributed by atoms with van der Waals surface area (Å²) in [7, 11) is 1.95. The van der Waals surface area contributed by atoms with Crippen LogP contribution in [0.1, 0.15) is 31.9 Å². The number of benzene rings is 1. The first kappa shape index (κ1) is 19.9. The Kier molecular flexibility index (Phi) is 6.35. The van der Waals surface area contributed by atoms with Gasteiger partial charge in [0, 0.05) is 42.6 Å². The second-order valence-corrected chi connectivity index (χ2v) is 6.91. The number of halogens is 1. The molecule has 1 fully saturated rings. The number of aromatic nitrogens is 2. The van der Waals surface area contributed by atoms with E-state index in [0.29, 0.717) is 17.7 Å². The van der Waals surface area contributed by atoms with E-state index in [-0.39, 0.29) is 0 Å². The SMILES string of the molecule is CCCCc1cc(N2CCC(NC)C2)nc(Nc2ccc(F)c([N+](=O)[O-])c2)n1. The lowest BCUT2D eigenvalue weighted by Gasteiger charge is -2.19. The van der Waals surface area contributed by atoms with Gasteiger partial charge in [-0.1, -0.05) is 13.3 Å². The summed E-state index contributed by atoms with van der Waals surface area (Å²) in [6.45, 7) is 3.89. The molecule has 1 aromatic carbocycles. The molecule has 1 atom stereocenters. The van der Waals surface area contributed by atoms with Crippen molar-refractivity contribution in [1.82, 2.24) is 15.3 Å². The minimum atomic E-state index is -0.871. The van der Waals surface area contributed by atoms with Gasteiger partial charge in [-0.25, -0.2) is 4.98 Å². The van der Waals surface area contributed by atoms with Gasteiger partial charge in [0.05, 0.1) is 4.92 Å². The standard InChI is InChI=1S/C19H25FN6O2/c1-3-4-5-13-11-18(25-9-8-15(12-25)21-2)24-19(22-13)23-14-6-7-16(20)17(10-14)26(27)28/h6-7,10-11,15,21H,3-5,8-9,12H2,1-2H3,(H,22,23,24). The molecule has 0 bridgehead atoms.